The summed E-state index contributed by atoms with van der Waals surface area (Å²) in [6, 6.07) is 7.82. The third kappa shape index (κ3) is 6.16. The molecule has 2 rings (SSSR count). The van der Waals surface area contributed by atoms with Gasteiger partial charge >= 0.3 is 0 Å². The molecule has 5 heteroatoms. The molecule has 0 atom stereocenters. The first-order chi connectivity index (χ1) is 10.6. The Kier molecular flexibility index (Phi) is 6.25. The summed E-state index contributed by atoms with van der Waals surface area (Å²) in [6.45, 7) is 3.52. The Labute approximate surface area is 131 Å². The summed E-state index contributed by atoms with van der Waals surface area (Å²) in [5.41, 5.74) is 1.15. The topological polar surface area (TPSA) is 67.4 Å². The van der Waals surface area contributed by atoms with Crippen LogP contribution in [0.25, 0.3) is 0 Å². The molecule has 0 aliphatic heterocycles. The molecule has 1 aliphatic rings. The molecular formula is C17H24N2O3. The molecule has 0 unspecified atom stereocenters. The summed E-state index contributed by atoms with van der Waals surface area (Å²) in [6.07, 6.45) is 3.11. The maximum absolute atomic E-state index is 11.6. The van der Waals surface area contributed by atoms with Crippen LogP contribution < -0.4 is 15.4 Å². The molecule has 1 fully saturated rings. The fraction of sp³-hybridized carbons (Fsp3) is 0.529. The number of carbonyl (C=O) groups excluding carboxylic acids is 2. The van der Waals surface area contributed by atoms with E-state index in [1.165, 1.54) is 0 Å². The molecular weight excluding hydrogens is 280 g/mol. The number of amides is 2. The molecule has 0 heterocycles. The molecule has 120 valence electrons. The second kappa shape index (κ2) is 8.41. The van der Waals surface area contributed by atoms with E-state index in [4.69, 9.17) is 4.74 Å². The van der Waals surface area contributed by atoms with Gasteiger partial charge in [-0.25, -0.2) is 0 Å². The third-order valence-electron chi connectivity index (χ3n) is 3.51. The van der Waals surface area contributed by atoms with Crippen LogP contribution in [-0.2, 0) is 9.59 Å². The molecule has 2 N–H and O–H groups in total. The maximum atomic E-state index is 11.6. The fourth-order valence-electron chi connectivity index (χ4n) is 2.10. The van der Waals surface area contributed by atoms with Gasteiger partial charge in [-0.15, -0.1) is 0 Å². The van der Waals surface area contributed by atoms with E-state index >= 15 is 0 Å². The van der Waals surface area contributed by atoms with Crippen LogP contribution in [0.3, 0.4) is 0 Å². The highest BCUT2D eigenvalue weighted by atomic mass is 16.5. The van der Waals surface area contributed by atoms with Gasteiger partial charge in [-0.3, -0.25) is 9.59 Å². The molecule has 0 spiro atoms. The predicted molar refractivity (Wildman–Crippen MR) is 84.7 cm³/mol. The number of rotatable bonds is 9. The fourth-order valence-corrected chi connectivity index (χ4v) is 2.10. The SMILES string of the molecule is Cc1cccc(OCCNC(=O)CCCNC(=O)C2CC2)c1. The quantitative estimate of drug-likeness (QED) is 0.684. The highest BCUT2D eigenvalue weighted by Crippen LogP contribution is 2.28. The molecule has 0 aromatic heterocycles. The number of aryl methyl sites for hydroxylation is 1. The highest BCUT2D eigenvalue weighted by molar-refractivity contribution is 5.81. The van der Waals surface area contributed by atoms with Gasteiger partial charge in [0, 0.05) is 18.9 Å². The zero-order valence-electron chi connectivity index (χ0n) is 13.1. The zero-order chi connectivity index (χ0) is 15.8. The highest BCUT2D eigenvalue weighted by Gasteiger charge is 2.28. The summed E-state index contributed by atoms with van der Waals surface area (Å²) in [5.74, 6) is 1.17. The van der Waals surface area contributed by atoms with Gasteiger partial charge in [-0.05, 0) is 43.9 Å². The maximum Gasteiger partial charge on any atom is 0.223 e. The first kappa shape index (κ1) is 16.3. The molecule has 0 saturated heterocycles. The molecule has 0 bridgehead atoms. The molecule has 1 aromatic carbocycles. The predicted octanol–water partition coefficient (Wildman–Crippen LogP) is 1.80. The van der Waals surface area contributed by atoms with Gasteiger partial charge in [0.15, 0.2) is 0 Å². The minimum absolute atomic E-state index is 0.00601. The average molecular weight is 304 g/mol. The summed E-state index contributed by atoms with van der Waals surface area (Å²) < 4.78 is 5.56. The third-order valence-corrected chi connectivity index (χ3v) is 3.51. The Morgan fingerprint density at radius 2 is 2.05 bits per heavy atom. The average Bonchev–Trinajstić information content (AvgIpc) is 3.33. The van der Waals surface area contributed by atoms with E-state index in [9.17, 15) is 9.59 Å². The summed E-state index contributed by atoms with van der Waals surface area (Å²) >= 11 is 0. The summed E-state index contributed by atoms with van der Waals surface area (Å²) in [7, 11) is 0. The van der Waals surface area contributed by atoms with Crippen LogP contribution in [0, 0.1) is 12.8 Å². The molecule has 2 amide bonds. The van der Waals surface area contributed by atoms with Crippen molar-refractivity contribution < 1.29 is 14.3 Å². The molecule has 0 radical (unpaired) electrons. The van der Waals surface area contributed by atoms with E-state index in [1.54, 1.807) is 0 Å². The lowest BCUT2D eigenvalue weighted by Crippen LogP contribution is -2.30. The van der Waals surface area contributed by atoms with Crippen LogP contribution in [-0.4, -0.2) is 31.5 Å². The minimum Gasteiger partial charge on any atom is -0.492 e. The van der Waals surface area contributed by atoms with Gasteiger partial charge in [0.2, 0.25) is 11.8 Å². The van der Waals surface area contributed by atoms with E-state index < -0.39 is 0 Å². The lowest BCUT2D eigenvalue weighted by atomic mass is 10.2. The number of benzene rings is 1. The number of nitrogens with one attached hydrogen (secondary N) is 2. The van der Waals surface area contributed by atoms with Crippen LogP contribution in [0.5, 0.6) is 5.75 Å². The van der Waals surface area contributed by atoms with Crippen molar-refractivity contribution in [1.29, 1.82) is 0 Å². The second-order valence-electron chi connectivity index (χ2n) is 5.68. The first-order valence-electron chi connectivity index (χ1n) is 7.89. The van der Waals surface area contributed by atoms with Gasteiger partial charge in [-0.1, -0.05) is 12.1 Å². The smallest absolute Gasteiger partial charge is 0.223 e. The van der Waals surface area contributed by atoms with E-state index in [0.29, 0.717) is 32.5 Å². The van der Waals surface area contributed by atoms with Gasteiger partial charge in [0.05, 0.1) is 6.54 Å². The normalized spacial score (nSPS) is 13.5. The second-order valence-corrected chi connectivity index (χ2v) is 5.68. The molecule has 1 aromatic rings. The van der Waals surface area contributed by atoms with Gasteiger partial charge < -0.3 is 15.4 Å². The molecule has 22 heavy (non-hydrogen) atoms. The van der Waals surface area contributed by atoms with Crippen LogP contribution in [0.4, 0.5) is 0 Å². The summed E-state index contributed by atoms with van der Waals surface area (Å²) in [5, 5.41) is 5.66. The van der Waals surface area contributed by atoms with Crippen molar-refractivity contribution in [2.24, 2.45) is 5.92 Å². The van der Waals surface area contributed by atoms with Gasteiger partial charge in [0.1, 0.15) is 12.4 Å². The van der Waals surface area contributed by atoms with Crippen molar-refractivity contribution in [3.63, 3.8) is 0 Å². The Bertz CT molecular complexity index is 512. The Hall–Kier alpha value is -2.04. The molecule has 1 aliphatic carbocycles. The van der Waals surface area contributed by atoms with Crippen molar-refractivity contribution in [3.05, 3.63) is 29.8 Å². The van der Waals surface area contributed by atoms with E-state index in [2.05, 4.69) is 10.6 Å². The zero-order valence-corrected chi connectivity index (χ0v) is 13.1. The van der Waals surface area contributed by atoms with E-state index in [-0.39, 0.29) is 17.7 Å². The van der Waals surface area contributed by atoms with Gasteiger partial charge in [0.25, 0.3) is 0 Å². The standard InChI is InChI=1S/C17H24N2O3/c1-13-4-2-5-15(12-13)22-11-10-18-16(20)6-3-9-19-17(21)14-7-8-14/h2,4-5,12,14H,3,6-11H2,1H3,(H,18,20)(H,19,21). The number of carbonyl (C=O) groups is 2. The van der Waals surface area contributed by atoms with Crippen molar-refractivity contribution in [2.75, 3.05) is 19.7 Å². The summed E-state index contributed by atoms with van der Waals surface area (Å²) in [4.78, 5) is 23.0. The number of hydrogen-bond acceptors (Lipinski definition) is 3. The number of hydrogen-bond donors (Lipinski definition) is 2. The van der Waals surface area contributed by atoms with Crippen molar-refractivity contribution >= 4 is 11.8 Å². The van der Waals surface area contributed by atoms with E-state index in [0.717, 1.165) is 24.2 Å². The minimum atomic E-state index is -0.00601. The first-order valence-corrected chi connectivity index (χ1v) is 7.89. The van der Waals surface area contributed by atoms with E-state index in [1.807, 2.05) is 31.2 Å². The Morgan fingerprint density at radius 3 is 2.77 bits per heavy atom. The largest absolute Gasteiger partial charge is 0.492 e. The lowest BCUT2D eigenvalue weighted by molar-refractivity contribution is -0.123. The van der Waals surface area contributed by atoms with Crippen LogP contribution in [0.1, 0.15) is 31.2 Å². The van der Waals surface area contributed by atoms with Crippen molar-refractivity contribution in [3.8, 4) is 5.75 Å². The van der Waals surface area contributed by atoms with Crippen LogP contribution >= 0.6 is 0 Å². The van der Waals surface area contributed by atoms with Crippen molar-refractivity contribution in [2.45, 2.75) is 32.6 Å². The monoisotopic (exact) mass is 304 g/mol. The molecule has 5 nitrogen and oxygen atoms in total. The van der Waals surface area contributed by atoms with Crippen LogP contribution in [0.2, 0.25) is 0 Å². The number of ether oxygens (including phenoxy) is 1. The van der Waals surface area contributed by atoms with Gasteiger partial charge in [-0.2, -0.15) is 0 Å². The lowest BCUT2D eigenvalue weighted by Gasteiger charge is -2.08. The van der Waals surface area contributed by atoms with Crippen LogP contribution in [0.15, 0.2) is 24.3 Å². The Balaban J connectivity index is 1.47. The molecule has 1 saturated carbocycles. The Morgan fingerprint density at radius 1 is 1.23 bits per heavy atom. The van der Waals surface area contributed by atoms with Crippen molar-refractivity contribution in [1.82, 2.24) is 10.6 Å².